The van der Waals surface area contributed by atoms with E-state index in [1.807, 2.05) is 31.2 Å². The van der Waals surface area contributed by atoms with Gasteiger partial charge in [-0.1, -0.05) is 24.3 Å². The molecule has 0 aliphatic heterocycles. The highest BCUT2D eigenvalue weighted by atomic mass is 16.3. The summed E-state index contributed by atoms with van der Waals surface area (Å²) in [4.78, 5) is 0. The third-order valence-electron chi connectivity index (χ3n) is 2.42. The van der Waals surface area contributed by atoms with Crippen LogP contribution in [0.1, 0.15) is 31.9 Å². The van der Waals surface area contributed by atoms with E-state index in [9.17, 15) is 5.11 Å². The van der Waals surface area contributed by atoms with E-state index < -0.39 is 5.60 Å². The van der Waals surface area contributed by atoms with Crippen LogP contribution < -0.4 is 0 Å². The molecular weight excluding hydrogens is 186 g/mol. The Kier molecular flexibility index (Phi) is 3.49. The molecule has 0 aliphatic rings. The molecule has 80 valence electrons. The van der Waals surface area contributed by atoms with Gasteiger partial charge in [0.15, 0.2) is 0 Å². The van der Waals surface area contributed by atoms with Gasteiger partial charge < -0.3 is 5.11 Å². The molecule has 1 aromatic rings. The van der Waals surface area contributed by atoms with Crippen molar-refractivity contribution < 1.29 is 5.11 Å². The van der Waals surface area contributed by atoms with Gasteiger partial charge in [-0.15, -0.1) is 0 Å². The van der Waals surface area contributed by atoms with Gasteiger partial charge in [0.05, 0.1) is 11.7 Å². The molecule has 1 rings (SSSR count). The third kappa shape index (κ3) is 3.38. The second-order valence-electron chi connectivity index (χ2n) is 4.49. The highest BCUT2D eigenvalue weighted by Crippen LogP contribution is 2.20. The van der Waals surface area contributed by atoms with Crippen molar-refractivity contribution in [1.82, 2.24) is 0 Å². The van der Waals surface area contributed by atoms with Crippen molar-refractivity contribution >= 4 is 0 Å². The summed E-state index contributed by atoms with van der Waals surface area (Å²) in [5, 5.41) is 18.4. The maximum absolute atomic E-state index is 9.76. The molecule has 0 aliphatic carbocycles. The topological polar surface area (TPSA) is 44.0 Å². The molecule has 0 heterocycles. The van der Waals surface area contributed by atoms with Crippen molar-refractivity contribution in [3.8, 4) is 6.07 Å². The number of benzene rings is 1. The molecule has 0 fully saturated rings. The molecule has 1 N–H and O–H groups in total. The number of nitriles is 1. The van der Waals surface area contributed by atoms with E-state index in [4.69, 9.17) is 5.26 Å². The SMILES string of the molecule is C[C@H](C#N)Cc1ccc(C(C)(C)O)cc1. The Balaban J connectivity index is 2.78. The Labute approximate surface area is 91.2 Å². The van der Waals surface area contributed by atoms with E-state index in [0.29, 0.717) is 0 Å². The predicted molar refractivity (Wildman–Crippen MR) is 60.2 cm³/mol. The van der Waals surface area contributed by atoms with Crippen molar-refractivity contribution in [2.24, 2.45) is 5.92 Å². The van der Waals surface area contributed by atoms with Crippen LogP contribution >= 0.6 is 0 Å². The predicted octanol–water partition coefficient (Wildman–Crippen LogP) is 2.62. The van der Waals surface area contributed by atoms with Gasteiger partial charge in [-0.2, -0.15) is 5.26 Å². The summed E-state index contributed by atoms with van der Waals surface area (Å²) < 4.78 is 0. The Morgan fingerprint density at radius 2 is 1.87 bits per heavy atom. The standard InChI is InChI=1S/C13H17NO/c1-10(9-14)8-11-4-6-12(7-5-11)13(2,3)15/h4-7,10,15H,8H2,1-3H3/t10-/m0/s1. The summed E-state index contributed by atoms with van der Waals surface area (Å²) in [5.41, 5.74) is 1.24. The molecule has 2 heteroatoms. The number of rotatable bonds is 3. The van der Waals surface area contributed by atoms with Gasteiger partial charge in [-0.05, 0) is 38.3 Å². The fraction of sp³-hybridized carbons (Fsp3) is 0.462. The minimum absolute atomic E-state index is 0.0398. The highest BCUT2D eigenvalue weighted by Gasteiger charge is 2.15. The van der Waals surface area contributed by atoms with E-state index in [1.165, 1.54) is 0 Å². The summed E-state index contributed by atoms with van der Waals surface area (Å²) >= 11 is 0. The molecule has 0 aromatic heterocycles. The average molecular weight is 203 g/mol. The van der Waals surface area contributed by atoms with Gasteiger partial charge in [0.25, 0.3) is 0 Å². The molecule has 0 saturated carbocycles. The fourth-order valence-corrected chi connectivity index (χ4v) is 1.45. The van der Waals surface area contributed by atoms with Gasteiger partial charge in [0.1, 0.15) is 0 Å². The zero-order valence-electron chi connectivity index (χ0n) is 9.49. The first-order valence-corrected chi connectivity index (χ1v) is 5.15. The van der Waals surface area contributed by atoms with Crippen molar-refractivity contribution in [2.45, 2.75) is 32.8 Å². The number of hydrogen-bond donors (Lipinski definition) is 1. The van der Waals surface area contributed by atoms with E-state index in [1.54, 1.807) is 13.8 Å². The van der Waals surface area contributed by atoms with Crippen LogP contribution in [0.4, 0.5) is 0 Å². The van der Waals surface area contributed by atoms with Gasteiger partial charge in [-0.25, -0.2) is 0 Å². The summed E-state index contributed by atoms with van der Waals surface area (Å²) in [6.07, 6.45) is 0.767. The van der Waals surface area contributed by atoms with Crippen LogP contribution in [0.2, 0.25) is 0 Å². The smallest absolute Gasteiger partial charge is 0.0840 e. The molecule has 2 nitrogen and oxygen atoms in total. The van der Waals surface area contributed by atoms with Crippen molar-refractivity contribution in [3.63, 3.8) is 0 Å². The van der Waals surface area contributed by atoms with Gasteiger partial charge in [0.2, 0.25) is 0 Å². The second-order valence-corrected chi connectivity index (χ2v) is 4.49. The minimum Gasteiger partial charge on any atom is -0.386 e. The van der Waals surface area contributed by atoms with Crippen LogP contribution in [0.15, 0.2) is 24.3 Å². The normalized spacial score (nSPS) is 13.3. The maximum atomic E-state index is 9.76. The van der Waals surface area contributed by atoms with E-state index in [2.05, 4.69) is 6.07 Å². The lowest BCUT2D eigenvalue weighted by molar-refractivity contribution is 0.0786. The van der Waals surface area contributed by atoms with Crippen LogP contribution in [-0.2, 0) is 12.0 Å². The number of hydrogen-bond acceptors (Lipinski definition) is 2. The van der Waals surface area contributed by atoms with E-state index in [-0.39, 0.29) is 5.92 Å². The zero-order valence-corrected chi connectivity index (χ0v) is 9.49. The van der Waals surface area contributed by atoms with Crippen molar-refractivity contribution in [1.29, 1.82) is 5.26 Å². The molecule has 15 heavy (non-hydrogen) atoms. The lowest BCUT2D eigenvalue weighted by Crippen LogP contribution is -2.15. The van der Waals surface area contributed by atoms with Gasteiger partial charge >= 0.3 is 0 Å². The first-order valence-electron chi connectivity index (χ1n) is 5.15. The van der Waals surface area contributed by atoms with Crippen LogP contribution in [0, 0.1) is 17.2 Å². The molecule has 0 bridgehead atoms. The van der Waals surface area contributed by atoms with Crippen molar-refractivity contribution in [3.05, 3.63) is 35.4 Å². The average Bonchev–Trinajstić information content (AvgIpc) is 2.17. The number of aliphatic hydroxyl groups is 1. The summed E-state index contributed by atoms with van der Waals surface area (Å²) in [6, 6.07) is 9.99. The Hall–Kier alpha value is -1.33. The summed E-state index contributed by atoms with van der Waals surface area (Å²) in [7, 11) is 0. The monoisotopic (exact) mass is 203 g/mol. The van der Waals surface area contributed by atoms with Crippen LogP contribution in [0.5, 0.6) is 0 Å². The van der Waals surface area contributed by atoms with Crippen LogP contribution in [0.25, 0.3) is 0 Å². The lowest BCUT2D eigenvalue weighted by atomic mass is 9.95. The van der Waals surface area contributed by atoms with Gasteiger partial charge in [-0.3, -0.25) is 0 Å². The second kappa shape index (κ2) is 4.46. The third-order valence-corrected chi connectivity index (χ3v) is 2.42. The molecule has 0 amide bonds. The molecule has 0 unspecified atom stereocenters. The Morgan fingerprint density at radius 3 is 2.27 bits per heavy atom. The summed E-state index contributed by atoms with van der Waals surface area (Å²) in [6.45, 7) is 5.43. The van der Waals surface area contributed by atoms with E-state index in [0.717, 1.165) is 17.5 Å². The van der Waals surface area contributed by atoms with Gasteiger partial charge in [0, 0.05) is 5.92 Å². The number of nitrogens with zero attached hydrogens (tertiary/aromatic N) is 1. The molecule has 0 spiro atoms. The molecule has 0 radical (unpaired) electrons. The lowest BCUT2D eigenvalue weighted by Gasteiger charge is -2.18. The van der Waals surface area contributed by atoms with Crippen molar-refractivity contribution in [2.75, 3.05) is 0 Å². The zero-order chi connectivity index (χ0) is 11.5. The highest BCUT2D eigenvalue weighted by molar-refractivity contribution is 5.26. The quantitative estimate of drug-likeness (QED) is 0.820. The van der Waals surface area contributed by atoms with E-state index >= 15 is 0 Å². The Morgan fingerprint density at radius 1 is 1.33 bits per heavy atom. The molecular formula is C13H17NO. The molecule has 0 saturated heterocycles. The first kappa shape index (κ1) is 11.7. The summed E-state index contributed by atoms with van der Waals surface area (Å²) in [5.74, 6) is 0.0398. The minimum atomic E-state index is -0.792. The van der Waals surface area contributed by atoms with Crippen LogP contribution in [0.3, 0.4) is 0 Å². The largest absolute Gasteiger partial charge is 0.386 e. The fourth-order valence-electron chi connectivity index (χ4n) is 1.45. The maximum Gasteiger partial charge on any atom is 0.0840 e. The molecule has 1 atom stereocenters. The molecule has 1 aromatic carbocycles. The first-order chi connectivity index (χ1) is 6.93. The Bertz CT molecular complexity index is 354. The van der Waals surface area contributed by atoms with Crippen LogP contribution in [-0.4, -0.2) is 5.11 Å².